The van der Waals surface area contributed by atoms with Crippen LogP contribution in [-0.4, -0.2) is 27.6 Å². The minimum atomic E-state index is -0.238. The van der Waals surface area contributed by atoms with E-state index in [2.05, 4.69) is 22.4 Å². The van der Waals surface area contributed by atoms with E-state index in [9.17, 15) is 4.79 Å². The van der Waals surface area contributed by atoms with Crippen molar-refractivity contribution in [3.05, 3.63) is 65.0 Å². The van der Waals surface area contributed by atoms with Crippen molar-refractivity contribution in [3.8, 4) is 11.4 Å². The van der Waals surface area contributed by atoms with Crippen LogP contribution in [0.5, 0.6) is 0 Å². The van der Waals surface area contributed by atoms with Crippen LogP contribution in [0.3, 0.4) is 0 Å². The summed E-state index contributed by atoms with van der Waals surface area (Å²) in [6, 6.07) is 14.8. The number of anilines is 1. The quantitative estimate of drug-likeness (QED) is 0.597. The van der Waals surface area contributed by atoms with Gasteiger partial charge in [0.25, 0.3) is 0 Å². The summed E-state index contributed by atoms with van der Waals surface area (Å²) in [5.74, 6) is 0.934. The molecular formula is C22H23ClN4O2. The van der Waals surface area contributed by atoms with E-state index < -0.39 is 0 Å². The van der Waals surface area contributed by atoms with E-state index in [1.807, 2.05) is 36.4 Å². The lowest BCUT2D eigenvalue weighted by molar-refractivity contribution is 0.142. The van der Waals surface area contributed by atoms with E-state index in [4.69, 9.17) is 16.1 Å². The van der Waals surface area contributed by atoms with Crippen LogP contribution in [0.2, 0.25) is 5.02 Å². The molecular weight excluding hydrogens is 388 g/mol. The first-order valence-corrected chi connectivity index (χ1v) is 10.3. The van der Waals surface area contributed by atoms with Gasteiger partial charge in [-0.15, -0.1) is 0 Å². The number of hydrogen-bond acceptors (Lipinski definition) is 4. The summed E-state index contributed by atoms with van der Waals surface area (Å²) in [6.45, 7) is 2.73. The van der Waals surface area contributed by atoms with Crippen LogP contribution in [0.4, 0.5) is 10.5 Å². The fourth-order valence-electron chi connectivity index (χ4n) is 3.68. The van der Waals surface area contributed by atoms with Crippen molar-refractivity contribution in [2.45, 2.75) is 38.6 Å². The summed E-state index contributed by atoms with van der Waals surface area (Å²) in [6.07, 6.45) is 3.61. The highest BCUT2D eigenvalue weighted by molar-refractivity contribution is 6.30. The molecule has 0 radical (unpaired) electrons. The predicted octanol–water partition coefficient (Wildman–Crippen LogP) is 5.71. The maximum Gasteiger partial charge on any atom is 0.322 e. The number of carbonyl (C=O) groups excluding carboxylic acids is 1. The average molecular weight is 411 g/mol. The Morgan fingerprint density at radius 3 is 2.93 bits per heavy atom. The zero-order chi connectivity index (χ0) is 20.2. The fraction of sp³-hybridized carbons (Fsp3) is 0.318. The highest BCUT2D eigenvalue weighted by atomic mass is 35.5. The van der Waals surface area contributed by atoms with Gasteiger partial charge in [0, 0.05) is 22.8 Å². The number of piperidine rings is 1. The molecule has 1 aromatic heterocycles. The highest BCUT2D eigenvalue weighted by Crippen LogP contribution is 2.32. The van der Waals surface area contributed by atoms with Gasteiger partial charge in [-0.2, -0.15) is 4.98 Å². The number of hydrogen-bond donors (Lipinski definition) is 1. The molecule has 1 saturated heterocycles. The lowest BCUT2D eigenvalue weighted by Gasteiger charge is -2.33. The molecule has 1 aliphatic rings. The number of likely N-dealkylation sites (tertiary alicyclic amines) is 1. The van der Waals surface area contributed by atoms with Crippen molar-refractivity contribution < 1.29 is 9.32 Å². The lowest BCUT2D eigenvalue weighted by Crippen LogP contribution is -2.41. The maximum absolute atomic E-state index is 13.0. The van der Waals surface area contributed by atoms with E-state index in [1.165, 1.54) is 0 Å². The second-order valence-corrected chi connectivity index (χ2v) is 7.55. The molecule has 0 saturated carbocycles. The van der Waals surface area contributed by atoms with Gasteiger partial charge < -0.3 is 14.7 Å². The number of nitrogens with zero attached hydrogens (tertiary/aromatic N) is 3. The Balaban J connectivity index is 1.55. The Morgan fingerprint density at radius 1 is 1.24 bits per heavy atom. The molecule has 2 aromatic carbocycles. The number of benzene rings is 2. The molecule has 2 amide bonds. The third kappa shape index (κ3) is 4.27. The molecule has 2 heterocycles. The number of aromatic nitrogens is 2. The van der Waals surface area contributed by atoms with Crippen LogP contribution in [0.1, 0.15) is 43.7 Å². The van der Waals surface area contributed by atoms with Gasteiger partial charge in [0.1, 0.15) is 6.04 Å². The average Bonchev–Trinajstić information content (AvgIpc) is 3.24. The van der Waals surface area contributed by atoms with Crippen molar-refractivity contribution in [1.29, 1.82) is 0 Å². The smallest absolute Gasteiger partial charge is 0.322 e. The number of halogens is 1. The molecule has 0 bridgehead atoms. The summed E-state index contributed by atoms with van der Waals surface area (Å²) in [4.78, 5) is 19.4. The van der Waals surface area contributed by atoms with Gasteiger partial charge in [0.05, 0.1) is 0 Å². The van der Waals surface area contributed by atoms with Crippen LogP contribution < -0.4 is 5.32 Å². The van der Waals surface area contributed by atoms with Gasteiger partial charge in [-0.1, -0.05) is 54.0 Å². The van der Waals surface area contributed by atoms with Crippen molar-refractivity contribution >= 4 is 23.3 Å². The zero-order valence-corrected chi connectivity index (χ0v) is 17.0. The molecule has 7 heteroatoms. The topological polar surface area (TPSA) is 71.3 Å². The summed E-state index contributed by atoms with van der Waals surface area (Å²) < 4.78 is 5.55. The Bertz CT molecular complexity index is 1000. The van der Waals surface area contributed by atoms with Crippen LogP contribution in [-0.2, 0) is 6.42 Å². The summed E-state index contributed by atoms with van der Waals surface area (Å²) in [5.41, 5.74) is 2.74. The van der Waals surface area contributed by atoms with Gasteiger partial charge >= 0.3 is 6.03 Å². The van der Waals surface area contributed by atoms with Crippen LogP contribution >= 0.6 is 11.6 Å². The van der Waals surface area contributed by atoms with E-state index in [-0.39, 0.29) is 12.1 Å². The third-order valence-electron chi connectivity index (χ3n) is 5.21. The van der Waals surface area contributed by atoms with Crippen molar-refractivity contribution in [1.82, 2.24) is 15.0 Å². The monoisotopic (exact) mass is 410 g/mol. The first-order chi connectivity index (χ1) is 14.2. The van der Waals surface area contributed by atoms with Gasteiger partial charge in [-0.25, -0.2) is 4.79 Å². The second kappa shape index (κ2) is 8.66. The summed E-state index contributed by atoms with van der Waals surface area (Å²) in [7, 11) is 0. The number of carbonyl (C=O) groups is 1. The van der Waals surface area contributed by atoms with Gasteiger partial charge in [0.15, 0.2) is 0 Å². The first-order valence-electron chi connectivity index (χ1n) is 9.90. The zero-order valence-electron chi connectivity index (χ0n) is 16.3. The van der Waals surface area contributed by atoms with Crippen LogP contribution in [0.15, 0.2) is 53.1 Å². The lowest BCUT2D eigenvalue weighted by atomic mass is 10.0. The summed E-state index contributed by atoms with van der Waals surface area (Å²) >= 11 is 6.07. The molecule has 1 fully saturated rings. The number of para-hydroxylation sites is 1. The minimum Gasteiger partial charge on any atom is -0.337 e. The molecule has 0 spiro atoms. The van der Waals surface area contributed by atoms with Crippen LogP contribution in [0, 0.1) is 0 Å². The molecule has 4 rings (SSSR count). The summed E-state index contributed by atoms with van der Waals surface area (Å²) in [5, 5.41) is 7.77. The molecule has 150 valence electrons. The van der Waals surface area contributed by atoms with E-state index in [1.54, 1.807) is 17.0 Å². The second-order valence-electron chi connectivity index (χ2n) is 7.11. The Morgan fingerprint density at radius 2 is 2.10 bits per heavy atom. The van der Waals surface area contributed by atoms with Crippen molar-refractivity contribution in [3.63, 3.8) is 0 Å². The third-order valence-corrected chi connectivity index (χ3v) is 5.45. The highest BCUT2D eigenvalue weighted by Gasteiger charge is 2.32. The number of nitrogens with one attached hydrogen (secondary N) is 1. The number of aryl methyl sites for hydroxylation is 1. The molecule has 1 N–H and O–H groups in total. The standard InChI is InChI=1S/C22H23ClN4O2/c1-2-15-8-3-4-11-18(15)24-22(28)27-13-6-5-12-19(27)21-25-20(26-29-21)16-9-7-10-17(23)14-16/h3-4,7-11,14,19H,2,5-6,12-13H2,1H3,(H,24,28). The molecule has 0 aliphatic carbocycles. The molecule has 1 aliphatic heterocycles. The normalized spacial score (nSPS) is 16.6. The predicted molar refractivity (Wildman–Crippen MR) is 113 cm³/mol. The van der Waals surface area contributed by atoms with E-state index in [0.29, 0.717) is 23.3 Å². The minimum absolute atomic E-state index is 0.141. The van der Waals surface area contributed by atoms with E-state index >= 15 is 0 Å². The van der Waals surface area contributed by atoms with E-state index in [0.717, 1.165) is 42.5 Å². The van der Waals surface area contributed by atoms with Gasteiger partial charge in [0.2, 0.25) is 11.7 Å². The molecule has 3 aromatic rings. The van der Waals surface area contributed by atoms with Crippen LogP contribution in [0.25, 0.3) is 11.4 Å². The molecule has 29 heavy (non-hydrogen) atoms. The number of rotatable bonds is 4. The fourth-order valence-corrected chi connectivity index (χ4v) is 3.87. The Labute approximate surface area is 174 Å². The number of urea groups is 1. The SMILES string of the molecule is CCc1ccccc1NC(=O)N1CCCCC1c1nc(-c2cccc(Cl)c2)no1. The largest absolute Gasteiger partial charge is 0.337 e. The molecule has 1 atom stereocenters. The van der Waals surface area contributed by atoms with Crippen molar-refractivity contribution in [2.75, 3.05) is 11.9 Å². The van der Waals surface area contributed by atoms with Gasteiger partial charge in [-0.05, 0) is 49.4 Å². The number of amides is 2. The molecule has 1 unspecified atom stereocenters. The Hall–Kier alpha value is -2.86. The van der Waals surface area contributed by atoms with Crippen molar-refractivity contribution in [2.24, 2.45) is 0 Å². The Kier molecular flexibility index (Phi) is 5.81. The van der Waals surface area contributed by atoms with Gasteiger partial charge in [-0.3, -0.25) is 0 Å². The maximum atomic E-state index is 13.0. The first kappa shape index (κ1) is 19.5. The molecule has 6 nitrogen and oxygen atoms in total.